The topological polar surface area (TPSA) is 29.5 Å². The van der Waals surface area contributed by atoms with Crippen molar-refractivity contribution in [1.29, 1.82) is 0 Å². The highest BCUT2D eigenvalue weighted by molar-refractivity contribution is 9.10. The number of hydrogen-bond acceptors (Lipinski definition) is 2. The number of methoxy groups -OCH3 is 1. The van der Waals surface area contributed by atoms with Gasteiger partial charge in [-0.1, -0.05) is 36.7 Å². The fourth-order valence-electron chi connectivity index (χ4n) is 1.95. The minimum absolute atomic E-state index is 0.219. The van der Waals surface area contributed by atoms with Gasteiger partial charge >= 0.3 is 0 Å². The largest absolute Gasteiger partial charge is 0.496 e. The van der Waals surface area contributed by atoms with Gasteiger partial charge in [-0.05, 0) is 36.1 Å². The first kappa shape index (κ1) is 14.5. The molecule has 0 bridgehead atoms. The third-order valence-corrected chi connectivity index (χ3v) is 3.92. The normalized spacial score (nSPS) is 14.8. The fourth-order valence-corrected chi connectivity index (χ4v) is 2.36. The average Bonchev–Trinajstić information content (AvgIpc) is 2.29. The highest BCUT2D eigenvalue weighted by Gasteiger charge is 2.30. The lowest BCUT2D eigenvalue weighted by atomic mass is 9.82. The fraction of sp³-hybridized carbons (Fsp3) is 0.571. The smallest absolute Gasteiger partial charge is 0.122 e. The van der Waals surface area contributed by atoms with Crippen LogP contribution in [-0.2, 0) is 6.42 Å². The molecule has 0 saturated carbocycles. The standard InChI is InChI=1S/C14H21BrO2/c1-5-14(16,10(2)3)9-11-8-12(15)6-7-13(11)17-4/h6-8,10,16H,5,9H2,1-4H3. The summed E-state index contributed by atoms with van der Waals surface area (Å²) in [5.74, 6) is 1.05. The molecule has 1 unspecified atom stereocenters. The third-order valence-electron chi connectivity index (χ3n) is 3.43. The van der Waals surface area contributed by atoms with Crippen LogP contribution in [0.4, 0.5) is 0 Å². The summed E-state index contributed by atoms with van der Waals surface area (Å²) in [6.07, 6.45) is 1.35. The quantitative estimate of drug-likeness (QED) is 0.896. The second kappa shape index (κ2) is 5.87. The Kier molecular flexibility index (Phi) is 5.02. The molecule has 0 aliphatic carbocycles. The van der Waals surface area contributed by atoms with Gasteiger partial charge in [-0.25, -0.2) is 0 Å². The summed E-state index contributed by atoms with van der Waals surface area (Å²) in [5, 5.41) is 10.6. The first-order valence-electron chi connectivity index (χ1n) is 5.97. The van der Waals surface area contributed by atoms with E-state index in [4.69, 9.17) is 4.74 Å². The van der Waals surface area contributed by atoms with E-state index in [2.05, 4.69) is 15.9 Å². The Labute approximate surface area is 112 Å². The van der Waals surface area contributed by atoms with Crippen LogP contribution in [0.2, 0.25) is 0 Å². The van der Waals surface area contributed by atoms with Crippen LogP contribution in [-0.4, -0.2) is 17.8 Å². The van der Waals surface area contributed by atoms with Crippen LogP contribution in [0.25, 0.3) is 0 Å². The molecule has 1 rings (SSSR count). The molecule has 2 nitrogen and oxygen atoms in total. The molecule has 17 heavy (non-hydrogen) atoms. The van der Waals surface area contributed by atoms with Crippen LogP contribution >= 0.6 is 15.9 Å². The number of rotatable bonds is 5. The molecule has 0 aromatic heterocycles. The third kappa shape index (κ3) is 3.46. The molecule has 96 valence electrons. The van der Waals surface area contributed by atoms with Crippen molar-refractivity contribution in [3.63, 3.8) is 0 Å². The maximum absolute atomic E-state index is 10.6. The van der Waals surface area contributed by atoms with Crippen molar-refractivity contribution in [1.82, 2.24) is 0 Å². The second-order valence-corrected chi connectivity index (χ2v) is 5.66. The van der Waals surface area contributed by atoms with Crippen molar-refractivity contribution in [2.45, 2.75) is 39.2 Å². The zero-order valence-electron chi connectivity index (χ0n) is 11.0. The summed E-state index contributed by atoms with van der Waals surface area (Å²) in [6.45, 7) is 6.12. The first-order chi connectivity index (χ1) is 7.92. The summed E-state index contributed by atoms with van der Waals surface area (Å²) in [6, 6.07) is 5.89. The van der Waals surface area contributed by atoms with Crippen LogP contribution in [0.5, 0.6) is 5.75 Å². The van der Waals surface area contributed by atoms with E-state index in [1.54, 1.807) is 7.11 Å². The summed E-state index contributed by atoms with van der Waals surface area (Å²) in [5.41, 5.74) is 0.369. The summed E-state index contributed by atoms with van der Waals surface area (Å²) >= 11 is 3.45. The summed E-state index contributed by atoms with van der Waals surface area (Å²) in [4.78, 5) is 0. The highest BCUT2D eigenvalue weighted by Crippen LogP contribution is 2.31. The van der Waals surface area contributed by atoms with E-state index in [9.17, 15) is 5.11 Å². The van der Waals surface area contributed by atoms with E-state index in [1.165, 1.54) is 0 Å². The van der Waals surface area contributed by atoms with Gasteiger partial charge < -0.3 is 9.84 Å². The molecule has 0 radical (unpaired) electrons. The van der Waals surface area contributed by atoms with Crippen molar-refractivity contribution in [2.24, 2.45) is 5.92 Å². The van der Waals surface area contributed by atoms with E-state index < -0.39 is 5.60 Å². The first-order valence-corrected chi connectivity index (χ1v) is 6.77. The molecule has 3 heteroatoms. The monoisotopic (exact) mass is 300 g/mol. The SMILES string of the molecule is CCC(O)(Cc1cc(Br)ccc1OC)C(C)C. The predicted molar refractivity (Wildman–Crippen MR) is 74.5 cm³/mol. The van der Waals surface area contributed by atoms with Gasteiger partial charge in [0.1, 0.15) is 5.75 Å². The van der Waals surface area contributed by atoms with Crippen molar-refractivity contribution in [3.05, 3.63) is 28.2 Å². The zero-order chi connectivity index (χ0) is 13.1. The van der Waals surface area contributed by atoms with Gasteiger partial charge in [-0.15, -0.1) is 0 Å². The Bertz CT molecular complexity index is 376. The van der Waals surface area contributed by atoms with E-state index in [-0.39, 0.29) is 5.92 Å². The van der Waals surface area contributed by atoms with E-state index in [1.807, 2.05) is 39.0 Å². The Balaban J connectivity index is 3.04. The molecular formula is C14H21BrO2. The summed E-state index contributed by atoms with van der Waals surface area (Å²) < 4.78 is 6.35. The molecule has 0 saturated heterocycles. The van der Waals surface area contributed by atoms with Crippen LogP contribution in [0, 0.1) is 5.92 Å². The van der Waals surface area contributed by atoms with Crippen LogP contribution < -0.4 is 4.74 Å². The van der Waals surface area contributed by atoms with Gasteiger partial charge in [0.2, 0.25) is 0 Å². The maximum atomic E-state index is 10.6. The minimum Gasteiger partial charge on any atom is -0.496 e. The molecule has 0 aliphatic rings. The van der Waals surface area contributed by atoms with E-state index >= 15 is 0 Å². The molecule has 0 spiro atoms. The van der Waals surface area contributed by atoms with Crippen LogP contribution in [0.1, 0.15) is 32.8 Å². The van der Waals surface area contributed by atoms with Gasteiger partial charge in [0.25, 0.3) is 0 Å². The Morgan fingerprint density at radius 2 is 2.06 bits per heavy atom. The van der Waals surface area contributed by atoms with E-state index in [0.29, 0.717) is 6.42 Å². The highest BCUT2D eigenvalue weighted by atomic mass is 79.9. The van der Waals surface area contributed by atoms with Gasteiger partial charge in [0.05, 0.1) is 12.7 Å². The molecule has 1 N–H and O–H groups in total. The van der Waals surface area contributed by atoms with Gasteiger partial charge in [0.15, 0.2) is 0 Å². The van der Waals surface area contributed by atoms with Crippen LogP contribution in [0.3, 0.4) is 0 Å². The lowest BCUT2D eigenvalue weighted by Gasteiger charge is -2.31. The minimum atomic E-state index is -0.673. The Hall–Kier alpha value is -0.540. The molecule has 0 fully saturated rings. The molecule has 1 aromatic rings. The van der Waals surface area contributed by atoms with Gasteiger partial charge in [0, 0.05) is 10.9 Å². The molecular weight excluding hydrogens is 280 g/mol. The second-order valence-electron chi connectivity index (χ2n) is 4.74. The average molecular weight is 301 g/mol. The summed E-state index contributed by atoms with van der Waals surface area (Å²) in [7, 11) is 1.66. The molecule has 0 aliphatic heterocycles. The maximum Gasteiger partial charge on any atom is 0.122 e. The molecule has 0 heterocycles. The number of hydrogen-bond donors (Lipinski definition) is 1. The number of halogens is 1. The van der Waals surface area contributed by atoms with E-state index in [0.717, 1.165) is 22.2 Å². The van der Waals surface area contributed by atoms with Gasteiger partial charge in [-0.3, -0.25) is 0 Å². The van der Waals surface area contributed by atoms with Crippen LogP contribution in [0.15, 0.2) is 22.7 Å². The lowest BCUT2D eigenvalue weighted by molar-refractivity contribution is -0.00871. The number of aliphatic hydroxyl groups is 1. The number of ether oxygens (including phenoxy) is 1. The molecule has 1 aromatic carbocycles. The Morgan fingerprint density at radius 1 is 1.41 bits per heavy atom. The number of benzene rings is 1. The zero-order valence-corrected chi connectivity index (χ0v) is 12.5. The van der Waals surface area contributed by atoms with Crippen molar-refractivity contribution < 1.29 is 9.84 Å². The van der Waals surface area contributed by atoms with Crippen molar-refractivity contribution in [2.75, 3.05) is 7.11 Å². The molecule has 0 amide bonds. The van der Waals surface area contributed by atoms with Crippen molar-refractivity contribution in [3.8, 4) is 5.75 Å². The Morgan fingerprint density at radius 3 is 2.53 bits per heavy atom. The molecule has 1 atom stereocenters. The van der Waals surface area contributed by atoms with Gasteiger partial charge in [-0.2, -0.15) is 0 Å². The van der Waals surface area contributed by atoms with Crippen molar-refractivity contribution >= 4 is 15.9 Å². The predicted octanol–water partition coefficient (Wildman–Crippen LogP) is 3.80. The lowest BCUT2D eigenvalue weighted by Crippen LogP contribution is -2.36.